The Bertz CT molecular complexity index is 728. The van der Waals surface area contributed by atoms with E-state index in [9.17, 15) is 19.2 Å². The van der Waals surface area contributed by atoms with Gasteiger partial charge in [-0.1, -0.05) is 30.3 Å². The first-order chi connectivity index (χ1) is 13.0. The molecule has 1 aromatic rings. The van der Waals surface area contributed by atoms with Gasteiger partial charge in [0.25, 0.3) is 0 Å². The summed E-state index contributed by atoms with van der Waals surface area (Å²) < 4.78 is 0. The molecule has 0 aromatic heterocycles. The van der Waals surface area contributed by atoms with E-state index in [-0.39, 0.29) is 24.3 Å². The molecule has 0 bridgehead atoms. The maximum Gasteiger partial charge on any atom is 0.312 e. The summed E-state index contributed by atoms with van der Waals surface area (Å²) in [6.45, 7) is 1.90. The highest BCUT2D eigenvalue weighted by Gasteiger charge is 2.35. The summed E-state index contributed by atoms with van der Waals surface area (Å²) in [5, 5.41) is 0. The van der Waals surface area contributed by atoms with Crippen LogP contribution in [0.25, 0.3) is 0 Å². The van der Waals surface area contributed by atoms with Crippen molar-refractivity contribution >= 4 is 23.6 Å². The van der Waals surface area contributed by atoms with Gasteiger partial charge in [0, 0.05) is 38.6 Å². The second-order valence-corrected chi connectivity index (χ2v) is 7.00. The molecule has 27 heavy (non-hydrogen) atoms. The van der Waals surface area contributed by atoms with Gasteiger partial charge in [0.1, 0.15) is 6.54 Å². The Morgan fingerprint density at radius 3 is 2.15 bits per heavy atom. The van der Waals surface area contributed by atoms with Crippen LogP contribution >= 0.6 is 0 Å². The maximum atomic E-state index is 12.5. The molecular weight excluding hydrogens is 348 g/mol. The van der Waals surface area contributed by atoms with Crippen LogP contribution in [0, 0.1) is 5.92 Å². The first kappa shape index (κ1) is 18.9. The molecule has 8 nitrogen and oxygen atoms in total. The van der Waals surface area contributed by atoms with E-state index in [0.717, 1.165) is 5.56 Å². The quantitative estimate of drug-likeness (QED) is 0.709. The number of amides is 4. The number of hydrogen-bond acceptors (Lipinski definition) is 4. The van der Waals surface area contributed by atoms with Gasteiger partial charge in [-0.25, -0.2) is 0 Å². The molecule has 2 aliphatic heterocycles. The van der Waals surface area contributed by atoms with E-state index in [1.165, 1.54) is 9.80 Å². The van der Waals surface area contributed by atoms with E-state index < -0.39 is 11.8 Å². The van der Waals surface area contributed by atoms with Crippen LogP contribution in [-0.2, 0) is 25.7 Å². The van der Waals surface area contributed by atoms with E-state index in [1.807, 2.05) is 30.3 Å². The summed E-state index contributed by atoms with van der Waals surface area (Å²) in [5.74, 6) is -1.95. The Morgan fingerprint density at radius 1 is 0.926 bits per heavy atom. The van der Waals surface area contributed by atoms with E-state index in [1.54, 1.807) is 4.90 Å². The lowest BCUT2D eigenvalue weighted by Gasteiger charge is -2.36. The third-order valence-electron chi connectivity index (χ3n) is 5.19. The normalized spacial score (nSPS) is 18.7. The Balaban J connectivity index is 1.52. The summed E-state index contributed by atoms with van der Waals surface area (Å²) in [5.41, 5.74) is 6.26. The smallest absolute Gasteiger partial charge is 0.312 e. The maximum absolute atomic E-state index is 12.5. The van der Waals surface area contributed by atoms with Crippen LogP contribution in [0.15, 0.2) is 30.3 Å². The van der Waals surface area contributed by atoms with Crippen LogP contribution < -0.4 is 5.73 Å². The Labute approximate surface area is 157 Å². The van der Waals surface area contributed by atoms with E-state index in [0.29, 0.717) is 45.6 Å². The van der Waals surface area contributed by atoms with Gasteiger partial charge in [0.15, 0.2) is 0 Å². The number of carbonyl (C=O) groups excluding carboxylic acids is 4. The molecule has 0 spiro atoms. The van der Waals surface area contributed by atoms with Crippen molar-refractivity contribution in [2.24, 2.45) is 11.7 Å². The Morgan fingerprint density at radius 2 is 1.52 bits per heavy atom. The number of benzene rings is 1. The van der Waals surface area contributed by atoms with Gasteiger partial charge in [-0.15, -0.1) is 0 Å². The summed E-state index contributed by atoms with van der Waals surface area (Å²) in [6, 6.07) is 9.48. The first-order valence-electron chi connectivity index (χ1n) is 9.15. The van der Waals surface area contributed by atoms with Crippen molar-refractivity contribution in [3.05, 3.63) is 35.9 Å². The molecule has 2 saturated heterocycles. The molecule has 144 valence electrons. The van der Waals surface area contributed by atoms with Crippen LogP contribution in [0.3, 0.4) is 0 Å². The second-order valence-electron chi connectivity index (χ2n) is 7.00. The molecule has 2 N–H and O–H groups in total. The monoisotopic (exact) mass is 372 g/mol. The molecule has 0 unspecified atom stereocenters. The summed E-state index contributed by atoms with van der Waals surface area (Å²) >= 11 is 0. The van der Waals surface area contributed by atoms with Crippen LogP contribution in [0.4, 0.5) is 0 Å². The van der Waals surface area contributed by atoms with Gasteiger partial charge >= 0.3 is 11.8 Å². The zero-order valence-corrected chi connectivity index (χ0v) is 15.2. The van der Waals surface area contributed by atoms with E-state index in [2.05, 4.69) is 0 Å². The number of nitrogens with zero attached hydrogens (tertiary/aromatic N) is 3. The third-order valence-corrected chi connectivity index (χ3v) is 5.19. The van der Waals surface area contributed by atoms with Gasteiger partial charge in [0.05, 0.1) is 0 Å². The third kappa shape index (κ3) is 4.45. The minimum Gasteiger partial charge on any atom is -0.369 e. The SMILES string of the molecule is NC(=O)C1CCN(C(=O)CN2CCN(Cc3ccccc3)C(=O)C2=O)CC1. The lowest BCUT2D eigenvalue weighted by molar-refractivity contribution is -0.158. The summed E-state index contributed by atoms with van der Waals surface area (Å²) in [7, 11) is 0. The predicted molar refractivity (Wildman–Crippen MR) is 96.9 cm³/mol. The van der Waals surface area contributed by atoms with Crippen molar-refractivity contribution in [2.45, 2.75) is 19.4 Å². The molecule has 1 aromatic carbocycles. The summed E-state index contributed by atoms with van der Waals surface area (Å²) in [4.78, 5) is 52.9. The fraction of sp³-hybridized carbons (Fsp3) is 0.474. The van der Waals surface area contributed by atoms with Gasteiger partial charge in [0.2, 0.25) is 11.8 Å². The van der Waals surface area contributed by atoms with Gasteiger partial charge in [-0.05, 0) is 18.4 Å². The van der Waals surface area contributed by atoms with Crippen molar-refractivity contribution in [1.29, 1.82) is 0 Å². The molecular formula is C19H24N4O4. The van der Waals surface area contributed by atoms with Gasteiger partial charge in [-0.3, -0.25) is 19.2 Å². The molecule has 3 rings (SSSR count). The number of piperidine rings is 1. The minimum atomic E-state index is -0.641. The fourth-order valence-electron chi connectivity index (χ4n) is 3.50. The lowest BCUT2D eigenvalue weighted by Crippen LogP contribution is -2.56. The first-order valence-corrected chi connectivity index (χ1v) is 9.15. The van der Waals surface area contributed by atoms with Crippen LogP contribution in [-0.4, -0.2) is 71.1 Å². The van der Waals surface area contributed by atoms with E-state index >= 15 is 0 Å². The molecule has 2 heterocycles. The zero-order chi connectivity index (χ0) is 19.4. The molecule has 8 heteroatoms. The zero-order valence-electron chi connectivity index (χ0n) is 15.2. The number of rotatable bonds is 5. The number of carbonyl (C=O) groups is 4. The average Bonchev–Trinajstić information content (AvgIpc) is 2.68. The average molecular weight is 372 g/mol. The standard InChI is InChI=1S/C19H24N4O4/c20-17(25)15-6-8-21(9-7-15)16(24)13-23-11-10-22(18(26)19(23)27)12-14-4-2-1-3-5-14/h1-5,15H,6-13H2,(H2,20,25). The number of likely N-dealkylation sites (tertiary alicyclic amines) is 1. The topological polar surface area (TPSA) is 104 Å². The fourth-order valence-corrected chi connectivity index (χ4v) is 3.50. The van der Waals surface area contributed by atoms with Crippen LogP contribution in [0.5, 0.6) is 0 Å². The Kier molecular flexibility index (Phi) is 5.73. The number of primary amides is 1. The molecule has 0 atom stereocenters. The van der Waals surface area contributed by atoms with Crippen LogP contribution in [0.2, 0.25) is 0 Å². The molecule has 4 amide bonds. The van der Waals surface area contributed by atoms with Gasteiger partial charge < -0.3 is 20.4 Å². The van der Waals surface area contributed by atoms with Crippen molar-refractivity contribution in [3.8, 4) is 0 Å². The predicted octanol–water partition coefficient (Wildman–Crippen LogP) is -0.419. The van der Waals surface area contributed by atoms with Gasteiger partial charge in [-0.2, -0.15) is 0 Å². The highest BCUT2D eigenvalue weighted by molar-refractivity contribution is 6.35. The van der Waals surface area contributed by atoms with Crippen molar-refractivity contribution < 1.29 is 19.2 Å². The number of hydrogen-bond donors (Lipinski definition) is 1. The number of nitrogens with two attached hydrogens (primary N) is 1. The van der Waals surface area contributed by atoms with E-state index in [4.69, 9.17) is 5.73 Å². The molecule has 2 aliphatic rings. The van der Waals surface area contributed by atoms with Crippen molar-refractivity contribution in [3.63, 3.8) is 0 Å². The lowest BCUT2D eigenvalue weighted by atomic mass is 9.96. The number of piperazine rings is 1. The minimum absolute atomic E-state index is 0.106. The van der Waals surface area contributed by atoms with Crippen molar-refractivity contribution in [1.82, 2.24) is 14.7 Å². The largest absolute Gasteiger partial charge is 0.369 e. The van der Waals surface area contributed by atoms with Crippen LogP contribution in [0.1, 0.15) is 18.4 Å². The highest BCUT2D eigenvalue weighted by Crippen LogP contribution is 2.17. The highest BCUT2D eigenvalue weighted by atomic mass is 16.2. The Hall–Kier alpha value is -2.90. The summed E-state index contributed by atoms with van der Waals surface area (Å²) in [6.07, 6.45) is 1.08. The molecule has 0 saturated carbocycles. The molecule has 0 radical (unpaired) electrons. The molecule has 0 aliphatic carbocycles. The second kappa shape index (κ2) is 8.20. The van der Waals surface area contributed by atoms with Crippen molar-refractivity contribution in [2.75, 3.05) is 32.7 Å². The molecule has 2 fully saturated rings.